The number of benzene rings is 1. The number of carbonyl (C=O) groups is 2. The van der Waals surface area contributed by atoms with Crippen LogP contribution in [0.25, 0.3) is 21.9 Å². The van der Waals surface area contributed by atoms with Gasteiger partial charge >= 0.3 is 12.2 Å². The Balaban J connectivity index is 1.52. The maximum atomic E-state index is 15.4. The molecule has 0 bridgehead atoms. The summed E-state index contributed by atoms with van der Waals surface area (Å²) in [5.41, 5.74) is 0.569. The van der Waals surface area contributed by atoms with Gasteiger partial charge in [-0.2, -0.15) is 4.39 Å². The minimum absolute atomic E-state index is 0.0134. The smallest absolute Gasteiger partial charge is 0.413 e. The molecule has 2 aliphatic rings. The summed E-state index contributed by atoms with van der Waals surface area (Å²) < 4.78 is 45.0. The summed E-state index contributed by atoms with van der Waals surface area (Å²) in [7, 11) is 0. The fourth-order valence-corrected chi connectivity index (χ4v) is 4.63. The Morgan fingerprint density at radius 3 is 2.73 bits per heavy atom. The molecule has 3 atom stereocenters. The van der Waals surface area contributed by atoms with Crippen LogP contribution >= 0.6 is 11.6 Å². The predicted molar refractivity (Wildman–Crippen MR) is 129 cm³/mol. The van der Waals surface area contributed by atoms with Crippen LogP contribution in [-0.4, -0.2) is 59.5 Å². The lowest BCUT2D eigenvalue weighted by atomic mass is 9.97. The summed E-state index contributed by atoms with van der Waals surface area (Å²) >= 11 is 6.32. The molecule has 0 spiro atoms. The first-order valence-electron chi connectivity index (χ1n) is 11.3. The van der Waals surface area contributed by atoms with E-state index < -0.39 is 30.9 Å². The number of carbonyl (C=O) groups excluding carboxylic acids is 1. The van der Waals surface area contributed by atoms with E-state index in [2.05, 4.69) is 15.3 Å². The number of fused-ring (bicyclic) bond motifs is 2. The van der Waals surface area contributed by atoms with E-state index in [1.54, 1.807) is 6.92 Å². The quantitative estimate of drug-likeness (QED) is 0.473. The Hall–Kier alpha value is -3.77. The number of amides is 2. The molecule has 0 saturated carbocycles. The lowest BCUT2D eigenvalue weighted by Gasteiger charge is -2.30. The van der Waals surface area contributed by atoms with Gasteiger partial charge in [-0.1, -0.05) is 18.5 Å². The number of carboxylic acid groups (broad SMARTS) is 1. The van der Waals surface area contributed by atoms with Crippen molar-refractivity contribution in [3.63, 3.8) is 0 Å². The lowest BCUT2D eigenvalue weighted by Crippen LogP contribution is -2.41. The molecule has 1 fully saturated rings. The summed E-state index contributed by atoms with van der Waals surface area (Å²) in [4.78, 5) is 33.0. The molecule has 3 aromatic rings. The van der Waals surface area contributed by atoms with Gasteiger partial charge in [-0.15, -0.1) is 0 Å². The van der Waals surface area contributed by atoms with E-state index in [4.69, 9.17) is 25.8 Å². The fraction of sp³-hybridized carbons (Fsp3) is 0.333. The number of aromatic nitrogens is 2. The molecule has 10 nitrogen and oxygen atoms in total. The van der Waals surface area contributed by atoms with Crippen molar-refractivity contribution in [1.29, 1.82) is 0 Å². The van der Waals surface area contributed by atoms with Crippen LogP contribution in [0.2, 0.25) is 5.02 Å². The highest BCUT2D eigenvalue weighted by molar-refractivity contribution is 6.36. The number of anilines is 2. The molecule has 1 aromatic carbocycles. The lowest BCUT2D eigenvalue weighted by molar-refractivity contribution is 0.0595. The molecule has 2 N–H and O–H groups in total. The van der Waals surface area contributed by atoms with Crippen LogP contribution in [0.3, 0.4) is 0 Å². The Kier molecular flexibility index (Phi) is 6.46. The molecular formula is C24H21ClF2N4O6. The van der Waals surface area contributed by atoms with Crippen molar-refractivity contribution in [2.75, 3.05) is 30.0 Å². The zero-order chi connectivity index (χ0) is 26.4. The van der Waals surface area contributed by atoms with E-state index in [0.717, 1.165) is 4.90 Å². The van der Waals surface area contributed by atoms with Crippen LogP contribution in [0.15, 0.2) is 24.5 Å². The second kappa shape index (κ2) is 9.60. The van der Waals surface area contributed by atoms with Crippen LogP contribution in [-0.2, 0) is 9.47 Å². The second-order valence-electron chi connectivity index (χ2n) is 8.80. The third-order valence-corrected chi connectivity index (χ3v) is 6.69. The van der Waals surface area contributed by atoms with Crippen molar-refractivity contribution in [2.45, 2.75) is 26.3 Å². The number of rotatable bonds is 3. The highest BCUT2D eigenvalue weighted by atomic mass is 35.5. The van der Waals surface area contributed by atoms with Crippen molar-refractivity contribution >= 4 is 46.1 Å². The van der Waals surface area contributed by atoms with E-state index in [-0.39, 0.29) is 45.6 Å². The van der Waals surface area contributed by atoms with Crippen LogP contribution in [0.4, 0.5) is 29.9 Å². The molecule has 2 aliphatic heterocycles. The molecule has 194 valence electrons. The first-order chi connectivity index (χ1) is 17.6. The summed E-state index contributed by atoms with van der Waals surface area (Å²) in [5, 5.41) is 12.6. The maximum absolute atomic E-state index is 15.4. The minimum Gasteiger partial charge on any atom is -0.465 e. The monoisotopic (exact) mass is 534 g/mol. The normalized spacial score (nSPS) is 20.9. The largest absolute Gasteiger partial charge is 0.465 e. The standard InChI is InChI=1S/C24H21ClF2N4O6/c1-10-8-35-9-16(10)36-23(32)30-18-4-12-3-13(20(27)19(25)15(12)6-28-18)14-5-29-22-21(11(14)2)31(24(33)34)7-17(26)37-22/h3-6,10,16-17H,7-9H2,1-2H3,(H,33,34)(H,28,30,32)/t10-,16-,17?/m0/s1. The molecule has 5 rings (SSSR count). The molecule has 1 saturated heterocycles. The van der Waals surface area contributed by atoms with Gasteiger partial charge in [0.2, 0.25) is 5.88 Å². The van der Waals surface area contributed by atoms with E-state index in [0.29, 0.717) is 29.5 Å². The highest BCUT2D eigenvalue weighted by Crippen LogP contribution is 2.42. The fourth-order valence-electron chi connectivity index (χ4n) is 4.37. The third-order valence-electron chi connectivity index (χ3n) is 6.32. The van der Waals surface area contributed by atoms with Gasteiger partial charge in [0, 0.05) is 34.8 Å². The van der Waals surface area contributed by atoms with Crippen molar-refractivity contribution in [3.8, 4) is 17.0 Å². The van der Waals surface area contributed by atoms with E-state index >= 15 is 4.39 Å². The summed E-state index contributed by atoms with van der Waals surface area (Å²) in [6.07, 6.45) is -1.80. The topological polar surface area (TPSA) is 123 Å². The average molecular weight is 535 g/mol. The molecule has 37 heavy (non-hydrogen) atoms. The van der Waals surface area contributed by atoms with E-state index in [9.17, 15) is 19.1 Å². The molecule has 2 amide bonds. The number of pyridine rings is 2. The minimum atomic E-state index is -1.89. The molecule has 13 heteroatoms. The molecule has 4 heterocycles. The predicted octanol–water partition coefficient (Wildman–Crippen LogP) is 5.15. The van der Waals surface area contributed by atoms with Crippen LogP contribution in [0.5, 0.6) is 5.88 Å². The van der Waals surface area contributed by atoms with Crippen molar-refractivity contribution in [1.82, 2.24) is 9.97 Å². The summed E-state index contributed by atoms with van der Waals surface area (Å²) in [6, 6.07) is 2.98. The van der Waals surface area contributed by atoms with Gasteiger partial charge in [0.1, 0.15) is 23.4 Å². The molecule has 0 aliphatic carbocycles. The molecule has 1 unspecified atom stereocenters. The van der Waals surface area contributed by atoms with E-state index in [1.165, 1.54) is 24.5 Å². The van der Waals surface area contributed by atoms with Gasteiger partial charge in [0.05, 0.1) is 24.8 Å². The van der Waals surface area contributed by atoms with Gasteiger partial charge in [0.15, 0.2) is 0 Å². The first-order valence-corrected chi connectivity index (χ1v) is 11.7. The van der Waals surface area contributed by atoms with Crippen LogP contribution in [0, 0.1) is 18.7 Å². The Bertz CT molecular complexity index is 1420. The van der Waals surface area contributed by atoms with Crippen molar-refractivity contribution in [3.05, 3.63) is 40.9 Å². The van der Waals surface area contributed by atoms with Gasteiger partial charge in [0.25, 0.3) is 6.36 Å². The van der Waals surface area contributed by atoms with Crippen molar-refractivity contribution < 1.29 is 37.7 Å². The second-order valence-corrected chi connectivity index (χ2v) is 9.18. The Morgan fingerprint density at radius 2 is 2.03 bits per heavy atom. The number of ether oxygens (including phenoxy) is 3. The van der Waals surface area contributed by atoms with Gasteiger partial charge in [-0.05, 0) is 30.0 Å². The maximum Gasteiger partial charge on any atom is 0.413 e. The number of halogens is 3. The number of hydrogen-bond donors (Lipinski definition) is 2. The summed E-state index contributed by atoms with van der Waals surface area (Å²) in [5.74, 6) is -0.784. The van der Waals surface area contributed by atoms with Gasteiger partial charge in [-0.3, -0.25) is 10.2 Å². The van der Waals surface area contributed by atoms with Crippen molar-refractivity contribution in [2.24, 2.45) is 5.92 Å². The molecule has 2 aromatic heterocycles. The SMILES string of the molecule is Cc1c(-c2cc3cc(NC(=O)O[C@H]4COC[C@@H]4C)ncc3c(Cl)c2F)cnc2c1N(C(=O)O)CC(F)O2. The molecular weight excluding hydrogens is 514 g/mol. The number of nitrogens with one attached hydrogen (secondary N) is 1. The highest BCUT2D eigenvalue weighted by Gasteiger charge is 2.34. The zero-order valence-electron chi connectivity index (χ0n) is 19.6. The third kappa shape index (κ3) is 4.58. The average Bonchev–Trinajstić information content (AvgIpc) is 3.25. The number of nitrogens with zero attached hydrogens (tertiary/aromatic N) is 3. The Labute approximate surface area is 214 Å². The first kappa shape index (κ1) is 24.9. The van der Waals surface area contributed by atoms with E-state index in [1.807, 2.05) is 6.92 Å². The van der Waals surface area contributed by atoms with Gasteiger partial charge in [-0.25, -0.2) is 23.9 Å². The van der Waals surface area contributed by atoms with Gasteiger partial charge < -0.3 is 19.3 Å². The zero-order valence-corrected chi connectivity index (χ0v) is 20.4. The number of hydrogen-bond acceptors (Lipinski definition) is 7. The Morgan fingerprint density at radius 1 is 1.24 bits per heavy atom. The number of alkyl halides is 1. The van der Waals surface area contributed by atoms with Crippen LogP contribution < -0.4 is 15.0 Å². The summed E-state index contributed by atoms with van der Waals surface area (Å²) in [6.45, 7) is 3.71. The molecule has 0 radical (unpaired) electrons. The van der Waals surface area contributed by atoms with Crippen LogP contribution in [0.1, 0.15) is 12.5 Å².